The molecule has 1 N–H and O–H groups in total. The van der Waals surface area contributed by atoms with E-state index in [1.54, 1.807) is 18.7 Å². The van der Waals surface area contributed by atoms with Gasteiger partial charge in [-0.1, -0.05) is 26.0 Å². The summed E-state index contributed by atoms with van der Waals surface area (Å²) >= 11 is 0. The molecule has 4 nitrogen and oxygen atoms in total. The lowest BCUT2D eigenvalue weighted by Gasteiger charge is -2.30. The minimum atomic E-state index is -1.08. The summed E-state index contributed by atoms with van der Waals surface area (Å²) in [5, 5.41) is 2.86. The van der Waals surface area contributed by atoms with Crippen molar-refractivity contribution < 1.29 is 9.59 Å². The SMILES string of the molecule is CCCN(CCC)C(=O)C(C)(C)C(=O)Nc1cccc(C)c1. The van der Waals surface area contributed by atoms with Crippen molar-refractivity contribution in [1.82, 2.24) is 4.90 Å². The predicted octanol–water partition coefficient (Wildman–Crippen LogP) is 3.61. The largest absolute Gasteiger partial charge is 0.342 e. The number of benzene rings is 1. The summed E-state index contributed by atoms with van der Waals surface area (Å²) in [6, 6.07) is 7.59. The van der Waals surface area contributed by atoms with Crippen LogP contribution in [0.2, 0.25) is 0 Å². The number of rotatable bonds is 7. The number of aryl methyl sites for hydroxylation is 1. The van der Waals surface area contributed by atoms with Crippen molar-refractivity contribution in [1.29, 1.82) is 0 Å². The van der Waals surface area contributed by atoms with Crippen LogP contribution in [0.25, 0.3) is 0 Å². The minimum absolute atomic E-state index is 0.110. The summed E-state index contributed by atoms with van der Waals surface area (Å²) < 4.78 is 0. The highest BCUT2D eigenvalue weighted by atomic mass is 16.2. The van der Waals surface area contributed by atoms with Crippen molar-refractivity contribution in [3.63, 3.8) is 0 Å². The summed E-state index contributed by atoms with van der Waals surface area (Å²) in [5.74, 6) is -0.373. The highest BCUT2D eigenvalue weighted by Gasteiger charge is 2.38. The lowest BCUT2D eigenvalue weighted by Crippen LogP contribution is -2.47. The van der Waals surface area contributed by atoms with E-state index in [-0.39, 0.29) is 11.8 Å². The molecule has 4 heteroatoms. The lowest BCUT2D eigenvalue weighted by atomic mass is 9.90. The average molecular weight is 304 g/mol. The third kappa shape index (κ3) is 4.58. The van der Waals surface area contributed by atoms with Crippen LogP contribution in [0.15, 0.2) is 24.3 Å². The van der Waals surface area contributed by atoms with E-state index in [2.05, 4.69) is 5.32 Å². The quantitative estimate of drug-likeness (QED) is 0.782. The Bertz CT molecular complexity index is 518. The third-order valence-corrected chi connectivity index (χ3v) is 3.65. The van der Waals surface area contributed by atoms with E-state index in [1.165, 1.54) is 0 Å². The molecule has 1 aromatic carbocycles. The summed E-state index contributed by atoms with van der Waals surface area (Å²) in [7, 11) is 0. The fraction of sp³-hybridized carbons (Fsp3) is 0.556. The second-order valence-electron chi connectivity index (χ2n) is 6.24. The Labute approximate surface area is 133 Å². The summed E-state index contributed by atoms with van der Waals surface area (Å²) in [4.78, 5) is 27.0. The number of amides is 2. The van der Waals surface area contributed by atoms with Crippen molar-refractivity contribution in [2.24, 2.45) is 5.41 Å². The molecule has 0 aliphatic heterocycles. The molecule has 0 fully saturated rings. The molecule has 122 valence electrons. The number of nitrogens with one attached hydrogen (secondary N) is 1. The van der Waals surface area contributed by atoms with Gasteiger partial charge in [0.05, 0.1) is 0 Å². The molecule has 0 heterocycles. The smallest absolute Gasteiger partial charge is 0.239 e. The van der Waals surface area contributed by atoms with Crippen molar-refractivity contribution >= 4 is 17.5 Å². The van der Waals surface area contributed by atoms with E-state index in [4.69, 9.17) is 0 Å². The molecule has 0 saturated carbocycles. The van der Waals surface area contributed by atoms with Crippen molar-refractivity contribution in [3.05, 3.63) is 29.8 Å². The van der Waals surface area contributed by atoms with Crippen LogP contribution in [0.3, 0.4) is 0 Å². The summed E-state index contributed by atoms with van der Waals surface area (Å²) in [5.41, 5.74) is 0.720. The molecule has 0 unspecified atom stereocenters. The molecule has 0 aromatic heterocycles. The molecular weight excluding hydrogens is 276 g/mol. The first kappa shape index (κ1) is 18.2. The van der Waals surface area contributed by atoms with Crippen LogP contribution in [0, 0.1) is 12.3 Å². The van der Waals surface area contributed by atoms with E-state index in [1.807, 2.05) is 45.0 Å². The zero-order chi connectivity index (χ0) is 16.8. The molecule has 0 aliphatic carbocycles. The van der Waals surface area contributed by atoms with Gasteiger partial charge in [0.2, 0.25) is 11.8 Å². The van der Waals surface area contributed by atoms with Gasteiger partial charge in [-0.15, -0.1) is 0 Å². The molecule has 22 heavy (non-hydrogen) atoms. The van der Waals surface area contributed by atoms with Crippen LogP contribution in [0.4, 0.5) is 5.69 Å². The first-order valence-corrected chi connectivity index (χ1v) is 8.00. The second kappa shape index (κ2) is 7.97. The van der Waals surface area contributed by atoms with Crippen LogP contribution < -0.4 is 5.32 Å². The fourth-order valence-corrected chi connectivity index (χ4v) is 2.36. The molecule has 2 amide bonds. The maximum absolute atomic E-state index is 12.7. The number of hydrogen-bond donors (Lipinski definition) is 1. The van der Waals surface area contributed by atoms with Gasteiger partial charge in [0.25, 0.3) is 0 Å². The maximum atomic E-state index is 12.7. The van der Waals surface area contributed by atoms with Crippen molar-refractivity contribution in [3.8, 4) is 0 Å². The Kier molecular flexibility index (Phi) is 6.60. The number of carbonyl (C=O) groups is 2. The van der Waals surface area contributed by atoms with Gasteiger partial charge in [-0.3, -0.25) is 9.59 Å². The normalized spacial score (nSPS) is 11.1. The van der Waals surface area contributed by atoms with Gasteiger partial charge in [0, 0.05) is 18.8 Å². The topological polar surface area (TPSA) is 49.4 Å². The predicted molar refractivity (Wildman–Crippen MR) is 90.8 cm³/mol. The molecule has 0 radical (unpaired) electrons. The highest BCUT2D eigenvalue weighted by Crippen LogP contribution is 2.23. The lowest BCUT2D eigenvalue weighted by molar-refractivity contribution is -0.146. The molecule has 0 saturated heterocycles. The van der Waals surface area contributed by atoms with E-state index >= 15 is 0 Å². The second-order valence-corrected chi connectivity index (χ2v) is 6.24. The molecular formula is C18H28N2O2. The van der Waals surface area contributed by atoms with Crippen LogP contribution in [-0.2, 0) is 9.59 Å². The monoisotopic (exact) mass is 304 g/mol. The Hall–Kier alpha value is -1.84. The van der Waals surface area contributed by atoms with Gasteiger partial charge in [0.1, 0.15) is 5.41 Å². The van der Waals surface area contributed by atoms with E-state index in [0.29, 0.717) is 13.1 Å². The maximum Gasteiger partial charge on any atom is 0.239 e. The third-order valence-electron chi connectivity index (χ3n) is 3.65. The fourth-order valence-electron chi connectivity index (χ4n) is 2.36. The number of anilines is 1. The molecule has 1 rings (SSSR count). The van der Waals surface area contributed by atoms with Gasteiger partial charge >= 0.3 is 0 Å². The molecule has 0 spiro atoms. The van der Waals surface area contributed by atoms with E-state index in [0.717, 1.165) is 24.1 Å². The standard InChI is InChI=1S/C18H28N2O2/c1-6-11-20(12-7-2)17(22)18(4,5)16(21)19-15-10-8-9-14(3)13-15/h8-10,13H,6-7,11-12H2,1-5H3,(H,19,21). The Morgan fingerprint density at radius 3 is 2.23 bits per heavy atom. The zero-order valence-electron chi connectivity index (χ0n) is 14.4. The van der Waals surface area contributed by atoms with E-state index in [9.17, 15) is 9.59 Å². The molecule has 0 aliphatic rings. The van der Waals surface area contributed by atoms with Gasteiger partial charge in [-0.2, -0.15) is 0 Å². The molecule has 0 bridgehead atoms. The Morgan fingerprint density at radius 1 is 1.14 bits per heavy atom. The van der Waals surface area contributed by atoms with Gasteiger partial charge < -0.3 is 10.2 Å². The number of carbonyl (C=O) groups excluding carboxylic acids is 2. The molecule has 1 aromatic rings. The van der Waals surface area contributed by atoms with Crippen LogP contribution in [0.1, 0.15) is 46.1 Å². The molecule has 0 atom stereocenters. The highest BCUT2D eigenvalue weighted by molar-refractivity contribution is 6.09. The van der Waals surface area contributed by atoms with Crippen molar-refractivity contribution in [2.45, 2.75) is 47.5 Å². The van der Waals surface area contributed by atoms with Gasteiger partial charge in [-0.25, -0.2) is 0 Å². The minimum Gasteiger partial charge on any atom is -0.342 e. The van der Waals surface area contributed by atoms with Crippen LogP contribution >= 0.6 is 0 Å². The average Bonchev–Trinajstić information content (AvgIpc) is 2.46. The summed E-state index contributed by atoms with van der Waals surface area (Å²) in [6.07, 6.45) is 1.78. The van der Waals surface area contributed by atoms with Crippen LogP contribution in [0.5, 0.6) is 0 Å². The Morgan fingerprint density at radius 2 is 1.73 bits per heavy atom. The summed E-state index contributed by atoms with van der Waals surface area (Å²) in [6.45, 7) is 10.8. The van der Waals surface area contributed by atoms with Gasteiger partial charge in [-0.05, 0) is 51.3 Å². The van der Waals surface area contributed by atoms with Crippen molar-refractivity contribution in [2.75, 3.05) is 18.4 Å². The number of nitrogens with zero attached hydrogens (tertiary/aromatic N) is 1. The van der Waals surface area contributed by atoms with Crippen LogP contribution in [-0.4, -0.2) is 29.8 Å². The first-order valence-electron chi connectivity index (χ1n) is 8.00. The Balaban J connectivity index is 2.86. The number of hydrogen-bond acceptors (Lipinski definition) is 2. The van der Waals surface area contributed by atoms with E-state index < -0.39 is 5.41 Å². The zero-order valence-corrected chi connectivity index (χ0v) is 14.4. The first-order chi connectivity index (χ1) is 10.3. The van der Waals surface area contributed by atoms with Gasteiger partial charge in [0.15, 0.2) is 0 Å².